The highest BCUT2D eigenvalue weighted by atomic mass is 16.3. The summed E-state index contributed by atoms with van der Waals surface area (Å²) in [6.45, 7) is 1.61. The Kier molecular flexibility index (Phi) is 7.34. The van der Waals surface area contributed by atoms with E-state index in [1.807, 2.05) is 0 Å². The van der Waals surface area contributed by atoms with E-state index in [9.17, 15) is 4.79 Å². The van der Waals surface area contributed by atoms with Crippen LogP contribution in [-0.2, 0) is 4.79 Å². The van der Waals surface area contributed by atoms with Crippen LogP contribution in [0.15, 0.2) is 12.7 Å². The minimum atomic E-state index is -1.36. The van der Waals surface area contributed by atoms with Crippen molar-refractivity contribution < 1.29 is 25.6 Å². The van der Waals surface area contributed by atoms with Gasteiger partial charge in [-0.25, -0.2) is 0 Å². The molecule has 0 bridgehead atoms. The summed E-state index contributed by atoms with van der Waals surface area (Å²) in [5, 5.41) is 28.5. The van der Waals surface area contributed by atoms with Gasteiger partial charge in [-0.15, -0.1) is 0 Å². The Labute approximate surface area is 75.8 Å². The molecule has 0 heterocycles. The molecule has 6 heteroatoms. The minimum absolute atomic E-state index is 0. The van der Waals surface area contributed by atoms with Gasteiger partial charge in [-0.3, -0.25) is 4.79 Å². The third-order valence-corrected chi connectivity index (χ3v) is 1.48. The predicted molar refractivity (Wildman–Crippen MR) is 45.9 cm³/mol. The summed E-state index contributed by atoms with van der Waals surface area (Å²) in [4.78, 5) is 10.7. The van der Waals surface area contributed by atoms with E-state index in [4.69, 9.17) is 15.3 Å². The molecule has 6 N–H and O–H groups in total. The lowest BCUT2D eigenvalue weighted by Gasteiger charge is -2.27. The molecule has 0 aliphatic heterocycles. The van der Waals surface area contributed by atoms with Crippen LogP contribution in [0.25, 0.3) is 0 Å². The Morgan fingerprint density at radius 2 is 1.69 bits per heavy atom. The number of carbonyl (C=O) groups excluding carboxylic acids is 1. The van der Waals surface area contributed by atoms with E-state index in [2.05, 4.69) is 11.9 Å². The lowest BCUT2D eigenvalue weighted by Crippen LogP contribution is -2.56. The molecule has 0 radical (unpaired) electrons. The quantitative estimate of drug-likeness (QED) is 0.352. The van der Waals surface area contributed by atoms with Crippen molar-refractivity contribution >= 4 is 5.91 Å². The monoisotopic (exact) mass is 193 g/mol. The first-order chi connectivity index (χ1) is 5.64. The van der Waals surface area contributed by atoms with Crippen LogP contribution in [0, 0.1) is 0 Å². The maximum Gasteiger partial charge on any atom is 0.244 e. The van der Waals surface area contributed by atoms with Crippen molar-refractivity contribution in [1.82, 2.24) is 5.32 Å². The zero-order valence-corrected chi connectivity index (χ0v) is 7.16. The molecule has 0 atom stereocenters. The van der Waals surface area contributed by atoms with Crippen molar-refractivity contribution in [3.8, 4) is 0 Å². The van der Waals surface area contributed by atoms with Crippen LogP contribution in [0.1, 0.15) is 0 Å². The van der Waals surface area contributed by atoms with Crippen LogP contribution < -0.4 is 5.32 Å². The summed E-state index contributed by atoms with van der Waals surface area (Å²) < 4.78 is 0. The third-order valence-electron chi connectivity index (χ3n) is 1.48. The van der Waals surface area contributed by atoms with Gasteiger partial charge in [0.15, 0.2) is 0 Å². The van der Waals surface area contributed by atoms with Gasteiger partial charge >= 0.3 is 0 Å². The Bertz CT molecular complexity index is 158. The smallest absolute Gasteiger partial charge is 0.244 e. The highest BCUT2D eigenvalue weighted by molar-refractivity contribution is 5.87. The van der Waals surface area contributed by atoms with Crippen LogP contribution in [0.3, 0.4) is 0 Å². The number of amides is 1. The first kappa shape index (κ1) is 14.6. The summed E-state index contributed by atoms with van der Waals surface area (Å²) >= 11 is 0. The van der Waals surface area contributed by atoms with E-state index >= 15 is 0 Å². The molecule has 0 spiro atoms. The molecular weight excluding hydrogens is 178 g/mol. The van der Waals surface area contributed by atoms with Gasteiger partial charge < -0.3 is 26.1 Å². The molecular formula is C7H15NO5. The van der Waals surface area contributed by atoms with Crippen LogP contribution in [0.5, 0.6) is 0 Å². The third kappa shape index (κ3) is 4.00. The molecule has 0 aliphatic carbocycles. The molecule has 0 unspecified atom stereocenters. The SMILES string of the molecule is C=CC(=O)NC(CO)(CO)CO.O. The zero-order valence-electron chi connectivity index (χ0n) is 7.16. The average molecular weight is 193 g/mol. The maximum absolute atomic E-state index is 10.7. The van der Waals surface area contributed by atoms with Crippen LogP contribution in [0.4, 0.5) is 0 Å². The van der Waals surface area contributed by atoms with Crippen molar-refractivity contribution in [1.29, 1.82) is 0 Å². The normalized spacial score (nSPS) is 10.1. The summed E-state index contributed by atoms with van der Waals surface area (Å²) in [7, 11) is 0. The average Bonchev–Trinajstić information content (AvgIpc) is 2.14. The van der Waals surface area contributed by atoms with Crippen molar-refractivity contribution in [2.45, 2.75) is 5.54 Å². The molecule has 78 valence electrons. The fourth-order valence-electron chi connectivity index (χ4n) is 0.581. The number of aliphatic hydroxyl groups excluding tert-OH is 3. The number of aliphatic hydroxyl groups is 3. The molecule has 0 rings (SSSR count). The van der Waals surface area contributed by atoms with E-state index < -0.39 is 31.3 Å². The first-order valence-electron chi connectivity index (χ1n) is 3.41. The molecule has 0 saturated carbocycles. The van der Waals surface area contributed by atoms with Gasteiger partial charge in [0, 0.05) is 0 Å². The summed E-state index contributed by atoms with van der Waals surface area (Å²) in [5.41, 5.74) is -1.36. The molecule has 0 fully saturated rings. The highest BCUT2D eigenvalue weighted by Crippen LogP contribution is 2.00. The van der Waals surface area contributed by atoms with Crippen LogP contribution in [-0.4, -0.2) is 52.1 Å². The van der Waals surface area contributed by atoms with E-state index in [0.717, 1.165) is 6.08 Å². The minimum Gasteiger partial charge on any atom is -0.412 e. The van der Waals surface area contributed by atoms with Gasteiger partial charge in [-0.2, -0.15) is 0 Å². The van der Waals surface area contributed by atoms with Crippen LogP contribution >= 0.6 is 0 Å². The Balaban J connectivity index is 0. The van der Waals surface area contributed by atoms with Crippen molar-refractivity contribution in [3.63, 3.8) is 0 Å². The van der Waals surface area contributed by atoms with Crippen molar-refractivity contribution in [3.05, 3.63) is 12.7 Å². The summed E-state index contributed by atoms with van der Waals surface area (Å²) in [6, 6.07) is 0. The standard InChI is InChI=1S/C7H13NO4.H2O/c1-2-6(12)8-7(3-9,4-10)5-11;/h2,9-11H,1,3-5H2,(H,8,12);1H2. The number of carbonyl (C=O) groups is 1. The van der Waals surface area contributed by atoms with Gasteiger partial charge in [0.05, 0.1) is 19.8 Å². The second-order valence-electron chi connectivity index (χ2n) is 2.45. The van der Waals surface area contributed by atoms with E-state index in [1.165, 1.54) is 0 Å². The zero-order chi connectivity index (χ0) is 9.61. The molecule has 0 aromatic carbocycles. The van der Waals surface area contributed by atoms with Gasteiger partial charge in [0.1, 0.15) is 5.54 Å². The number of nitrogens with one attached hydrogen (secondary N) is 1. The Morgan fingerprint density at radius 1 is 1.31 bits per heavy atom. The van der Waals surface area contributed by atoms with Crippen molar-refractivity contribution in [2.75, 3.05) is 19.8 Å². The predicted octanol–water partition coefficient (Wildman–Crippen LogP) is -2.82. The van der Waals surface area contributed by atoms with E-state index in [0.29, 0.717) is 0 Å². The molecule has 0 aromatic heterocycles. The Morgan fingerprint density at radius 3 is 1.92 bits per heavy atom. The summed E-state index contributed by atoms with van der Waals surface area (Å²) in [6.07, 6.45) is 0.996. The number of hydrogen-bond acceptors (Lipinski definition) is 4. The second-order valence-corrected chi connectivity index (χ2v) is 2.45. The molecule has 0 aliphatic rings. The van der Waals surface area contributed by atoms with Gasteiger partial charge in [-0.1, -0.05) is 6.58 Å². The molecule has 13 heavy (non-hydrogen) atoms. The first-order valence-corrected chi connectivity index (χ1v) is 3.41. The van der Waals surface area contributed by atoms with Gasteiger partial charge in [0.25, 0.3) is 0 Å². The van der Waals surface area contributed by atoms with E-state index in [1.54, 1.807) is 0 Å². The van der Waals surface area contributed by atoms with Gasteiger partial charge in [-0.05, 0) is 6.08 Å². The molecule has 0 saturated heterocycles. The lowest BCUT2D eigenvalue weighted by atomic mass is 10.0. The maximum atomic E-state index is 10.7. The highest BCUT2D eigenvalue weighted by Gasteiger charge is 2.28. The molecule has 1 amide bonds. The van der Waals surface area contributed by atoms with E-state index in [-0.39, 0.29) is 5.48 Å². The fraction of sp³-hybridized carbons (Fsp3) is 0.571. The van der Waals surface area contributed by atoms with Gasteiger partial charge in [0.2, 0.25) is 5.91 Å². The Hall–Kier alpha value is -0.950. The largest absolute Gasteiger partial charge is 0.412 e. The molecule has 0 aromatic rings. The second kappa shape index (κ2) is 6.55. The summed E-state index contributed by atoms with van der Waals surface area (Å²) in [5.74, 6) is -0.549. The topological polar surface area (TPSA) is 121 Å². The molecule has 6 nitrogen and oxygen atoms in total. The number of hydrogen-bond donors (Lipinski definition) is 4. The fourth-order valence-corrected chi connectivity index (χ4v) is 0.581. The van der Waals surface area contributed by atoms with Crippen LogP contribution in [0.2, 0.25) is 0 Å². The number of rotatable bonds is 5. The lowest BCUT2D eigenvalue weighted by molar-refractivity contribution is -0.120. The van der Waals surface area contributed by atoms with Crippen molar-refractivity contribution in [2.24, 2.45) is 0 Å².